The summed E-state index contributed by atoms with van der Waals surface area (Å²) in [7, 11) is 0. The van der Waals surface area contributed by atoms with Crippen molar-refractivity contribution in [1.29, 1.82) is 0 Å². The van der Waals surface area contributed by atoms with Crippen LogP contribution in [0.25, 0.3) is 6.08 Å². The summed E-state index contributed by atoms with van der Waals surface area (Å²) in [6, 6.07) is 32.6. The Bertz CT molecular complexity index is 1450. The molecule has 1 aliphatic heterocycles. The summed E-state index contributed by atoms with van der Waals surface area (Å²) in [4.78, 5) is 23.7. The largest absolute Gasteiger partial charge is 0.489 e. The molecule has 4 aromatic carbocycles. The van der Waals surface area contributed by atoms with Crippen molar-refractivity contribution in [3.05, 3.63) is 142 Å². The van der Waals surface area contributed by atoms with Crippen LogP contribution >= 0.6 is 0 Å². The second-order valence-electron chi connectivity index (χ2n) is 8.11. The van der Waals surface area contributed by atoms with Gasteiger partial charge in [-0.05, 0) is 53.6 Å². The lowest BCUT2D eigenvalue weighted by Gasteiger charge is -2.11. The molecule has 0 bridgehead atoms. The molecule has 0 saturated heterocycles. The first kappa shape index (κ1) is 22.7. The molecule has 5 rings (SSSR count). The Hall–Kier alpha value is -5.04. The summed E-state index contributed by atoms with van der Waals surface area (Å²) in [5.74, 6) is 0.453. The number of ether oxygens (including phenoxy) is 1. The third-order valence-corrected chi connectivity index (χ3v) is 5.67. The van der Waals surface area contributed by atoms with Gasteiger partial charge in [-0.1, -0.05) is 60.7 Å². The summed E-state index contributed by atoms with van der Waals surface area (Å²) in [6.07, 6.45) is 1.83. The summed E-state index contributed by atoms with van der Waals surface area (Å²) < 4.78 is 5.81. The maximum Gasteiger partial charge on any atom is 0.281 e. The average Bonchev–Trinajstić information content (AvgIpc) is 3.25. The molecule has 0 atom stereocenters. The highest BCUT2D eigenvalue weighted by molar-refractivity contribution is 6.37. The van der Waals surface area contributed by atoms with E-state index >= 15 is 0 Å². The fourth-order valence-corrected chi connectivity index (χ4v) is 3.81. The van der Waals surface area contributed by atoms with E-state index in [9.17, 15) is 14.9 Å². The van der Waals surface area contributed by atoms with Crippen molar-refractivity contribution in [2.75, 3.05) is 5.01 Å². The average molecular weight is 476 g/mol. The van der Waals surface area contributed by atoms with E-state index in [0.717, 1.165) is 16.7 Å². The highest BCUT2D eigenvalue weighted by atomic mass is 16.6. The molecule has 7 heteroatoms. The molecule has 0 aromatic heterocycles. The van der Waals surface area contributed by atoms with Crippen molar-refractivity contribution in [3.8, 4) is 5.75 Å². The van der Waals surface area contributed by atoms with Crippen molar-refractivity contribution in [2.45, 2.75) is 6.61 Å². The lowest BCUT2D eigenvalue weighted by molar-refractivity contribution is -0.384. The zero-order valence-electron chi connectivity index (χ0n) is 19.2. The van der Waals surface area contributed by atoms with Gasteiger partial charge in [0.2, 0.25) is 0 Å². The zero-order chi connectivity index (χ0) is 24.9. The van der Waals surface area contributed by atoms with Crippen LogP contribution in [0.3, 0.4) is 0 Å². The van der Waals surface area contributed by atoms with Gasteiger partial charge in [-0.15, -0.1) is 0 Å². The number of hydrogen-bond acceptors (Lipinski definition) is 5. The van der Waals surface area contributed by atoms with E-state index in [2.05, 4.69) is 5.10 Å². The molecule has 0 spiro atoms. The maximum atomic E-state index is 13.4. The minimum absolute atomic E-state index is 0.0434. The van der Waals surface area contributed by atoms with E-state index in [0.29, 0.717) is 22.7 Å². The molecule has 176 valence electrons. The van der Waals surface area contributed by atoms with E-state index in [1.807, 2.05) is 91.0 Å². The van der Waals surface area contributed by atoms with Gasteiger partial charge < -0.3 is 4.74 Å². The molecule has 0 radical (unpaired) electrons. The molecule has 0 aliphatic carbocycles. The number of rotatable bonds is 7. The molecule has 36 heavy (non-hydrogen) atoms. The maximum absolute atomic E-state index is 13.4. The normalized spacial score (nSPS) is 14.1. The predicted molar refractivity (Wildman–Crippen MR) is 139 cm³/mol. The molecule has 7 nitrogen and oxygen atoms in total. The van der Waals surface area contributed by atoms with Crippen LogP contribution in [-0.2, 0) is 11.4 Å². The monoisotopic (exact) mass is 475 g/mol. The Kier molecular flexibility index (Phi) is 6.36. The molecular weight excluding hydrogens is 454 g/mol. The SMILES string of the molecule is O=C1/C(=C\c2ccc(OCc3ccc([N+](=O)[O-])cc3)cc2)C(c2ccccc2)=NN1c1ccccc1. The van der Waals surface area contributed by atoms with E-state index in [-0.39, 0.29) is 18.2 Å². The molecular formula is C29H21N3O4. The molecule has 0 N–H and O–H groups in total. The van der Waals surface area contributed by atoms with Crippen molar-refractivity contribution >= 4 is 29.1 Å². The minimum atomic E-state index is -0.431. The number of carbonyl (C=O) groups is 1. The topological polar surface area (TPSA) is 85.0 Å². The van der Waals surface area contributed by atoms with E-state index in [1.165, 1.54) is 17.1 Å². The van der Waals surface area contributed by atoms with Crippen molar-refractivity contribution in [3.63, 3.8) is 0 Å². The number of non-ortho nitro benzene ring substituents is 1. The fourth-order valence-electron chi connectivity index (χ4n) is 3.81. The van der Waals surface area contributed by atoms with E-state index in [4.69, 9.17) is 4.74 Å². The Morgan fingerprint density at radius 2 is 1.47 bits per heavy atom. The van der Waals surface area contributed by atoms with Gasteiger partial charge in [0.15, 0.2) is 0 Å². The van der Waals surface area contributed by atoms with Gasteiger partial charge in [0.05, 0.1) is 16.2 Å². The van der Waals surface area contributed by atoms with Crippen LogP contribution in [0.5, 0.6) is 5.75 Å². The van der Waals surface area contributed by atoms with Gasteiger partial charge in [0.25, 0.3) is 11.6 Å². The van der Waals surface area contributed by atoms with Crippen molar-refractivity contribution in [1.82, 2.24) is 0 Å². The van der Waals surface area contributed by atoms with Crippen LogP contribution in [0, 0.1) is 10.1 Å². The molecule has 0 fully saturated rings. The third-order valence-electron chi connectivity index (χ3n) is 5.67. The number of nitro groups is 1. The lowest BCUT2D eigenvalue weighted by atomic mass is 10.0. The quantitative estimate of drug-likeness (QED) is 0.186. The van der Waals surface area contributed by atoms with Crippen LogP contribution in [-0.4, -0.2) is 16.5 Å². The Labute approximate surface area is 207 Å². The first-order valence-corrected chi connectivity index (χ1v) is 11.3. The molecule has 1 heterocycles. The molecule has 1 amide bonds. The van der Waals surface area contributed by atoms with Crippen LogP contribution in [0.2, 0.25) is 0 Å². The van der Waals surface area contributed by atoms with Crippen LogP contribution in [0.1, 0.15) is 16.7 Å². The number of nitro benzene ring substituents is 1. The fraction of sp³-hybridized carbons (Fsp3) is 0.0345. The molecule has 4 aromatic rings. The summed E-state index contributed by atoms with van der Waals surface area (Å²) >= 11 is 0. The Morgan fingerprint density at radius 1 is 0.833 bits per heavy atom. The van der Waals surface area contributed by atoms with Gasteiger partial charge in [0, 0.05) is 17.7 Å². The number of hydrazone groups is 1. The van der Waals surface area contributed by atoms with Crippen LogP contribution in [0.4, 0.5) is 11.4 Å². The zero-order valence-corrected chi connectivity index (χ0v) is 19.2. The van der Waals surface area contributed by atoms with Gasteiger partial charge in [-0.2, -0.15) is 10.1 Å². The smallest absolute Gasteiger partial charge is 0.281 e. The van der Waals surface area contributed by atoms with Gasteiger partial charge in [0.1, 0.15) is 18.1 Å². The van der Waals surface area contributed by atoms with E-state index < -0.39 is 4.92 Å². The van der Waals surface area contributed by atoms with Gasteiger partial charge in [-0.25, -0.2) is 0 Å². The van der Waals surface area contributed by atoms with Crippen molar-refractivity contribution in [2.24, 2.45) is 5.10 Å². The summed E-state index contributed by atoms with van der Waals surface area (Å²) in [6.45, 7) is 0.285. The van der Waals surface area contributed by atoms with Crippen molar-refractivity contribution < 1.29 is 14.5 Å². The Balaban J connectivity index is 1.36. The minimum Gasteiger partial charge on any atom is -0.489 e. The molecule has 0 unspecified atom stereocenters. The van der Waals surface area contributed by atoms with E-state index in [1.54, 1.807) is 12.1 Å². The standard InChI is InChI=1S/C29H21N3O4/c33-29-27(28(23-7-3-1-4-8-23)30-31(29)24-9-5-2-6-10-24)19-21-13-17-26(18-14-21)36-20-22-11-15-25(16-12-22)32(34)35/h1-19H,20H2/b27-19-. The first-order valence-electron chi connectivity index (χ1n) is 11.3. The number of hydrogen-bond donors (Lipinski definition) is 0. The first-order chi connectivity index (χ1) is 17.6. The number of benzene rings is 4. The Morgan fingerprint density at radius 3 is 2.11 bits per heavy atom. The highest BCUT2D eigenvalue weighted by Gasteiger charge is 2.31. The molecule has 1 aliphatic rings. The number of carbonyl (C=O) groups excluding carboxylic acids is 1. The summed E-state index contributed by atoms with van der Waals surface area (Å²) in [5.41, 5.74) is 4.38. The highest BCUT2D eigenvalue weighted by Crippen LogP contribution is 2.28. The van der Waals surface area contributed by atoms with Gasteiger partial charge >= 0.3 is 0 Å². The van der Waals surface area contributed by atoms with Gasteiger partial charge in [-0.3, -0.25) is 14.9 Å². The molecule has 0 saturated carbocycles. The predicted octanol–water partition coefficient (Wildman–Crippen LogP) is 6.01. The third kappa shape index (κ3) is 4.90. The lowest BCUT2D eigenvalue weighted by Crippen LogP contribution is -2.21. The number of nitrogens with zero attached hydrogens (tertiary/aromatic N) is 3. The second-order valence-corrected chi connectivity index (χ2v) is 8.11. The van der Waals surface area contributed by atoms with Crippen LogP contribution < -0.4 is 9.75 Å². The number of anilines is 1. The number of para-hydroxylation sites is 1. The second kappa shape index (κ2) is 10.1. The van der Waals surface area contributed by atoms with Crippen LogP contribution in [0.15, 0.2) is 120 Å². The number of amides is 1. The summed E-state index contributed by atoms with van der Waals surface area (Å²) in [5, 5.41) is 16.9.